The summed E-state index contributed by atoms with van der Waals surface area (Å²) in [5.41, 5.74) is 0.154. The van der Waals surface area contributed by atoms with Crippen LogP contribution in [0, 0.1) is 0 Å². The van der Waals surface area contributed by atoms with E-state index in [2.05, 4.69) is 10.3 Å². The van der Waals surface area contributed by atoms with Gasteiger partial charge in [-0.1, -0.05) is 41.0 Å². The summed E-state index contributed by atoms with van der Waals surface area (Å²) in [5, 5.41) is 3.78. The van der Waals surface area contributed by atoms with Gasteiger partial charge in [0, 0.05) is 20.6 Å². The van der Waals surface area contributed by atoms with Crippen molar-refractivity contribution >= 4 is 57.7 Å². The fourth-order valence-corrected chi connectivity index (χ4v) is 3.95. The molecular weight excluding hydrogens is 425 g/mol. The Kier molecular flexibility index (Phi) is 5.87. The topological polar surface area (TPSA) is 90.9 Å². The number of aromatic nitrogens is 4. The smallest absolute Gasteiger partial charge is 0.324 e. The normalized spacial score (nSPS) is 11.2. The molecule has 0 spiro atoms. The first-order valence-corrected chi connectivity index (χ1v) is 10.0. The van der Waals surface area contributed by atoms with Crippen molar-refractivity contribution in [3.05, 3.63) is 49.1 Å². The number of carbonyl (C=O) groups excluding carboxylic acids is 1. The van der Waals surface area contributed by atoms with Gasteiger partial charge in [-0.2, -0.15) is 0 Å². The summed E-state index contributed by atoms with van der Waals surface area (Å²) in [6, 6.07) is 4.96. The number of nitrogens with zero attached hydrogens (tertiary/aromatic N) is 4. The van der Waals surface area contributed by atoms with E-state index in [9.17, 15) is 14.4 Å². The number of carbonyl (C=O) groups is 1. The SMILES string of the molecule is CCn1c(SCC(=O)Nc2cccc(Cl)c2Cl)nc2c1c(=O)n(C)c(=O)n2C. The Bertz CT molecular complexity index is 1200. The number of hydrogen-bond donors (Lipinski definition) is 1. The molecule has 0 atom stereocenters. The molecule has 2 heterocycles. The number of rotatable bonds is 5. The Morgan fingerprint density at radius 1 is 1.21 bits per heavy atom. The second-order valence-corrected chi connectivity index (χ2v) is 7.68. The maximum Gasteiger partial charge on any atom is 0.332 e. The fourth-order valence-electron chi connectivity index (χ4n) is 2.75. The van der Waals surface area contributed by atoms with Gasteiger partial charge >= 0.3 is 5.69 Å². The lowest BCUT2D eigenvalue weighted by molar-refractivity contribution is -0.113. The van der Waals surface area contributed by atoms with Gasteiger partial charge in [0.05, 0.1) is 21.5 Å². The summed E-state index contributed by atoms with van der Waals surface area (Å²) in [5.74, 6) is -0.258. The number of fused-ring (bicyclic) bond motifs is 1. The minimum Gasteiger partial charge on any atom is -0.324 e. The van der Waals surface area contributed by atoms with Crippen LogP contribution in [0.25, 0.3) is 11.2 Å². The maximum absolute atomic E-state index is 12.5. The van der Waals surface area contributed by atoms with E-state index < -0.39 is 11.2 Å². The lowest BCUT2D eigenvalue weighted by Gasteiger charge is -2.08. The van der Waals surface area contributed by atoms with Gasteiger partial charge < -0.3 is 9.88 Å². The molecule has 0 aliphatic rings. The Morgan fingerprint density at radius 2 is 1.93 bits per heavy atom. The molecule has 2 aromatic heterocycles. The summed E-state index contributed by atoms with van der Waals surface area (Å²) in [4.78, 5) is 41.4. The molecule has 11 heteroatoms. The number of hydrogen-bond acceptors (Lipinski definition) is 5. The number of amides is 1. The molecule has 28 heavy (non-hydrogen) atoms. The van der Waals surface area contributed by atoms with Crippen molar-refractivity contribution in [2.24, 2.45) is 14.1 Å². The molecule has 0 aliphatic carbocycles. The third-order valence-electron chi connectivity index (χ3n) is 4.19. The van der Waals surface area contributed by atoms with Crippen molar-refractivity contribution < 1.29 is 4.79 Å². The lowest BCUT2D eigenvalue weighted by atomic mass is 10.3. The zero-order valence-electron chi connectivity index (χ0n) is 15.3. The maximum atomic E-state index is 12.5. The first-order valence-electron chi connectivity index (χ1n) is 8.29. The summed E-state index contributed by atoms with van der Waals surface area (Å²) in [6.07, 6.45) is 0. The molecule has 1 amide bonds. The van der Waals surface area contributed by atoms with Crippen molar-refractivity contribution in [1.82, 2.24) is 18.7 Å². The van der Waals surface area contributed by atoms with E-state index in [1.54, 1.807) is 29.8 Å². The highest BCUT2D eigenvalue weighted by atomic mass is 35.5. The van der Waals surface area contributed by atoms with Crippen LogP contribution >= 0.6 is 35.0 Å². The Balaban J connectivity index is 1.89. The summed E-state index contributed by atoms with van der Waals surface area (Å²) < 4.78 is 4.05. The lowest BCUT2D eigenvalue weighted by Crippen LogP contribution is -2.37. The van der Waals surface area contributed by atoms with E-state index >= 15 is 0 Å². The predicted molar refractivity (Wildman–Crippen MR) is 112 cm³/mol. The molecule has 0 aliphatic heterocycles. The number of imidazole rings is 1. The van der Waals surface area contributed by atoms with Gasteiger partial charge in [-0.15, -0.1) is 0 Å². The Morgan fingerprint density at radius 3 is 2.61 bits per heavy atom. The van der Waals surface area contributed by atoms with Crippen LogP contribution in [0.5, 0.6) is 0 Å². The Hall–Kier alpha value is -2.23. The highest BCUT2D eigenvalue weighted by Crippen LogP contribution is 2.30. The van der Waals surface area contributed by atoms with Crippen LogP contribution in [0.2, 0.25) is 10.0 Å². The van der Waals surface area contributed by atoms with Gasteiger partial charge in [0.1, 0.15) is 0 Å². The van der Waals surface area contributed by atoms with Crippen molar-refractivity contribution in [2.45, 2.75) is 18.6 Å². The Labute approximate surface area is 174 Å². The van der Waals surface area contributed by atoms with Crippen molar-refractivity contribution in [2.75, 3.05) is 11.1 Å². The highest BCUT2D eigenvalue weighted by molar-refractivity contribution is 7.99. The second kappa shape index (κ2) is 8.02. The van der Waals surface area contributed by atoms with E-state index in [0.29, 0.717) is 27.9 Å². The number of thioether (sulfide) groups is 1. The third kappa shape index (κ3) is 3.57. The van der Waals surface area contributed by atoms with Crippen molar-refractivity contribution in [3.8, 4) is 0 Å². The zero-order chi connectivity index (χ0) is 20.6. The monoisotopic (exact) mass is 441 g/mol. The molecule has 0 bridgehead atoms. The van der Waals surface area contributed by atoms with E-state index in [1.165, 1.54) is 11.6 Å². The van der Waals surface area contributed by atoms with Crippen LogP contribution in [0.15, 0.2) is 32.9 Å². The average molecular weight is 442 g/mol. The van der Waals surface area contributed by atoms with Gasteiger partial charge in [0.15, 0.2) is 16.3 Å². The molecule has 0 saturated heterocycles. The molecule has 0 unspecified atom stereocenters. The molecular formula is C17H17Cl2N5O3S. The molecule has 148 valence electrons. The van der Waals surface area contributed by atoms with E-state index in [1.807, 2.05) is 6.92 Å². The summed E-state index contributed by atoms with van der Waals surface area (Å²) in [6.45, 7) is 2.33. The van der Waals surface area contributed by atoms with Crippen LogP contribution in [0.4, 0.5) is 5.69 Å². The summed E-state index contributed by atoms with van der Waals surface area (Å²) >= 11 is 13.2. The standard InChI is InChI=1S/C17H17Cl2N5O3S/c1-4-24-13-14(22(2)17(27)23(3)15(13)26)21-16(24)28-8-11(25)20-10-7-5-6-9(18)12(10)19/h5-7H,4,8H2,1-3H3,(H,20,25). The molecule has 1 N–H and O–H groups in total. The van der Waals surface area contributed by atoms with Crippen LogP contribution in [-0.4, -0.2) is 30.3 Å². The van der Waals surface area contributed by atoms with Crippen LogP contribution in [0.1, 0.15) is 6.92 Å². The summed E-state index contributed by atoms with van der Waals surface area (Å²) in [7, 11) is 2.98. The highest BCUT2D eigenvalue weighted by Gasteiger charge is 2.19. The zero-order valence-corrected chi connectivity index (χ0v) is 17.7. The number of anilines is 1. The minimum absolute atomic E-state index is 0.0421. The molecule has 3 rings (SSSR count). The van der Waals surface area contributed by atoms with E-state index in [4.69, 9.17) is 23.2 Å². The first-order chi connectivity index (χ1) is 13.3. The molecule has 3 aromatic rings. The van der Waals surface area contributed by atoms with Crippen LogP contribution in [0.3, 0.4) is 0 Å². The van der Waals surface area contributed by atoms with Crippen molar-refractivity contribution in [3.63, 3.8) is 0 Å². The number of halogens is 2. The molecule has 0 saturated carbocycles. The van der Waals surface area contributed by atoms with Crippen LogP contribution < -0.4 is 16.6 Å². The van der Waals surface area contributed by atoms with E-state index in [-0.39, 0.29) is 22.3 Å². The quantitative estimate of drug-likeness (QED) is 0.614. The van der Waals surface area contributed by atoms with Gasteiger partial charge in [-0.25, -0.2) is 9.78 Å². The third-order valence-corrected chi connectivity index (χ3v) is 5.98. The molecule has 1 aromatic carbocycles. The molecule has 0 fully saturated rings. The second-order valence-electron chi connectivity index (χ2n) is 5.95. The molecule has 0 radical (unpaired) electrons. The van der Waals surface area contributed by atoms with Crippen molar-refractivity contribution in [1.29, 1.82) is 0 Å². The number of benzene rings is 1. The predicted octanol–water partition coefficient (Wildman–Crippen LogP) is 2.49. The number of aryl methyl sites for hydroxylation is 2. The van der Waals surface area contributed by atoms with Crippen LogP contribution in [-0.2, 0) is 25.4 Å². The van der Waals surface area contributed by atoms with Gasteiger partial charge in [-0.05, 0) is 19.1 Å². The number of nitrogens with one attached hydrogen (secondary N) is 1. The largest absolute Gasteiger partial charge is 0.332 e. The fraction of sp³-hybridized carbons (Fsp3) is 0.294. The van der Waals surface area contributed by atoms with Gasteiger partial charge in [-0.3, -0.25) is 18.7 Å². The minimum atomic E-state index is -0.455. The first kappa shape index (κ1) is 20.5. The van der Waals surface area contributed by atoms with Gasteiger partial charge in [0.25, 0.3) is 5.56 Å². The molecule has 8 nitrogen and oxygen atoms in total. The van der Waals surface area contributed by atoms with Gasteiger partial charge in [0.2, 0.25) is 5.91 Å². The average Bonchev–Trinajstić information content (AvgIpc) is 3.05. The van der Waals surface area contributed by atoms with E-state index in [0.717, 1.165) is 16.3 Å².